The van der Waals surface area contributed by atoms with Crippen molar-refractivity contribution in [1.82, 2.24) is 0 Å². The molecule has 126 valence electrons. The molecule has 1 heterocycles. The molecule has 1 spiro atoms. The molecule has 2 heteroatoms. The molecule has 4 fully saturated rings. The number of fused-ring (bicyclic) bond motifs is 3. The molecule has 6 atom stereocenters. The summed E-state index contributed by atoms with van der Waals surface area (Å²) < 4.78 is 6.66. The van der Waals surface area contributed by atoms with Crippen molar-refractivity contribution in [3.05, 3.63) is 0 Å². The summed E-state index contributed by atoms with van der Waals surface area (Å²) in [7, 11) is 0. The number of aliphatic hydroxyl groups is 1. The number of hydrogen-bond acceptors (Lipinski definition) is 2. The van der Waals surface area contributed by atoms with E-state index in [1.807, 2.05) is 0 Å². The highest BCUT2D eigenvalue weighted by Crippen LogP contribution is 2.70. The smallest absolute Gasteiger partial charge is 0.0867 e. The topological polar surface area (TPSA) is 29.5 Å². The number of aliphatic hydroxyl groups excluding tert-OH is 1. The molecular weight excluding hydrogens is 272 g/mol. The predicted molar refractivity (Wildman–Crippen MR) is 88.6 cm³/mol. The van der Waals surface area contributed by atoms with E-state index in [1.165, 1.54) is 51.4 Å². The van der Waals surface area contributed by atoms with Crippen molar-refractivity contribution >= 4 is 0 Å². The van der Waals surface area contributed by atoms with Crippen LogP contribution in [0.5, 0.6) is 0 Å². The third-order valence-corrected chi connectivity index (χ3v) is 8.59. The summed E-state index contributed by atoms with van der Waals surface area (Å²) in [5, 5.41) is 9.82. The Bertz CT molecular complexity index is 472. The minimum absolute atomic E-state index is 0.0780. The molecule has 1 aliphatic heterocycles. The second-order valence-electron chi connectivity index (χ2n) is 10.2. The fourth-order valence-electron chi connectivity index (χ4n) is 7.66. The van der Waals surface area contributed by atoms with E-state index in [0.717, 1.165) is 5.92 Å². The van der Waals surface area contributed by atoms with Gasteiger partial charge in [0.2, 0.25) is 0 Å². The molecule has 2 nitrogen and oxygen atoms in total. The Kier molecular flexibility index (Phi) is 3.16. The maximum atomic E-state index is 9.82. The lowest BCUT2D eigenvalue weighted by Gasteiger charge is -2.63. The zero-order valence-electron chi connectivity index (χ0n) is 15.0. The SMILES string of the molecule is CC1(C)CCC[C@@]2(C)[C@H]1CC[C@@]13C[C@@](C)(CC[C@@H]12)[C@H](CO)O3. The molecule has 2 bridgehead atoms. The van der Waals surface area contributed by atoms with Crippen LogP contribution in [0.2, 0.25) is 0 Å². The van der Waals surface area contributed by atoms with E-state index >= 15 is 0 Å². The van der Waals surface area contributed by atoms with Crippen LogP contribution >= 0.6 is 0 Å². The van der Waals surface area contributed by atoms with Crippen LogP contribution in [-0.4, -0.2) is 23.4 Å². The Morgan fingerprint density at radius 2 is 1.68 bits per heavy atom. The maximum absolute atomic E-state index is 9.82. The molecule has 1 saturated heterocycles. The van der Waals surface area contributed by atoms with Gasteiger partial charge in [0.1, 0.15) is 0 Å². The Hall–Kier alpha value is -0.0800. The number of hydrogen-bond donors (Lipinski definition) is 1. The predicted octanol–water partition coefficient (Wildman–Crippen LogP) is 4.55. The van der Waals surface area contributed by atoms with E-state index < -0.39 is 0 Å². The molecule has 0 aromatic heterocycles. The minimum Gasteiger partial charge on any atom is -0.394 e. The van der Waals surface area contributed by atoms with E-state index in [0.29, 0.717) is 16.7 Å². The number of ether oxygens (including phenoxy) is 1. The van der Waals surface area contributed by atoms with Crippen molar-refractivity contribution in [2.75, 3.05) is 6.61 Å². The van der Waals surface area contributed by atoms with E-state index in [4.69, 9.17) is 4.74 Å². The monoisotopic (exact) mass is 306 g/mol. The van der Waals surface area contributed by atoms with Gasteiger partial charge in [-0.2, -0.15) is 0 Å². The third-order valence-electron chi connectivity index (χ3n) is 8.59. The zero-order chi connectivity index (χ0) is 15.8. The van der Waals surface area contributed by atoms with Crippen LogP contribution in [0.25, 0.3) is 0 Å². The van der Waals surface area contributed by atoms with Crippen LogP contribution in [-0.2, 0) is 4.74 Å². The summed E-state index contributed by atoms with van der Waals surface area (Å²) in [4.78, 5) is 0. The maximum Gasteiger partial charge on any atom is 0.0867 e. The molecule has 4 rings (SSSR count). The molecule has 3 aliphatic carbocycles. The fourth-order valence-corrected chi connectivity index (χ4v) is 7.66. The average Bonchev–Trinajstić information content (AvgIpc) is 2.63. The van der Waals surface area contributed by atoms with Crippen molar-refractivity contribution in [2.24, 2.45) is 28.1 Å². The van der Waals surface area contributed by atoms with Gasteiger partial charge in [0.25, 0.3) is 0 Å². The second kappa shape index (κ2) is 4.51. The highest BCUT2D eigenvalue weighted by atomic mass is 16.5. The van der Waals surface area contributed by atoms with Gasteiger partial charge in [-0.15, -0.1) is 0 Å². The van der Waals surface area contributed by atoms with E-state index in [-0.39, 0.29) is 23.7 Å². The molecule has 0 unspecified atom stereocenters. The minimum atomic E-state index is 0.0780. The second-order valence-corrected chi connectivity index (χ2v) is 10.2. The van der Waals surface area contributed by atoms with Gasteiger partial charge < -0.3 is 9.84 Å². The van der Waals surface area contributed by atoms with E-state index in [2.05, 4.69) is 27.7 Å². The van der Waals surface area contributed by atoms with Gasteiger partial charge in [-0.3, -0.25) is 0 Å². The van der Waals surface area contributed by atoms with Crippen LogP contribution < -0.4 is 0 Å². The molecule has 0 aromatic rings. The van der Waals surface area contributed by atoms with Crippen LogP contribution in [0.3, 0.4) is 0 Å². The van der Waals surface area contributed by atoms with Crippen molar-refractivity contribution in [3.63, 3.8) is 0 Å². The van der Waals surface area contributed by atoms with Gasteiger partial charge >= 0.3 is 0 Å². The molecule has 1 N–H and O–H groups in total. The summed E-state index contributed by atoms with van der Waals surface area (Å²) in [6, 6.07) is 0. The van der Waals surface area contributed by atoms with Crippen LogP contribution in [0.4, 0.5) is 0 Å². The fraction of sp³-hybridized carbons (Fsp3) is 1.00. The van der Waals surface area contributed by atoms with Gasteiger partial charge in [-0.05, 0) is 73.0 Å². The third kappa shape index (κ3) is 1.80. The Balaban J connectivity index is 1.72. The molecule has 0 aromatic carbocycles. The van der Waals surface area contributed by atoms with Crippen molar-refractivity contribution in [3.8, 4) is 0 Å². The average molecular weight is 306 g/mol. The van der Waals surface area contributed by atoms with Gasteiger partial charge in [0.15, 0.2) is 0 Å². The summed E-state index contributed by atoms with van der Waals surface area (Å²) in [5.74, 6) is 1.56. The molecule has 0 radical (unpaired) electrons. The standard InChI is InChI=1S/C20H34O2/c1-17(2)8-5-9-19(4)14(17)7-11-20-13-18(3,10-6-15(19)20)16(12-21)22-20/h14-16,21H,5-13H2,1-4H3/t14-,15+,16-,18+,19-,20+/m0/s1. The summed E-state index contributed by atoms with van der Waals surface area (Å²) in [5.41, 5.74) is 1.24. The normalized spacial score (nSPS) is 56.3. The lowest BCUT2D eigenvalue weighted by Crippen LogP contribution is -2.59. The van der Waals surface area contributed by atoms with Crippen molar-refractivity contribution < 1.29 is 9.84 Å². The lowest BCUT2D eigenvalue weighted by molar-refractivity contribution is -0.195. The Labute approximate surface area is 136 Å². The first-order chi connectivity index (χ1) is 10.3. The molecule has 0 amide bonds. The van der Waals surface area contributed by atoms with Crippen LogP contribution in [0.15, 0.2) is 0 Å². The van der Waals surface area contributed by atoms with Gasteiger partial charge in [-0.1, -0.05) is 34.1 Å². The molecule has 4 aliphatic rings. The van der Waals surface area contributed by atoms with Crippen LogP contribution in [0.1, 0.15) is 79.1 Å². The summed E-state index contributed by atoms with van der Waals surface area (Å²) >= 11 is 0. The molecule has 22 heavy (non-hydrogen) atoms. The highest BCUT2D eigenvalue weighted by molar-refractivity contribution is 5.16. The van der Waals surface area contributed by atoms with Crippen molar-refractivity contribution in [1.29, 1.82) is 0 Å². The van der Waals surface area contributed by atoms with Gasteiger partial charge in [0.05, 0.1) is 18.3 Å². The largest absolute Gasteiger partial charge is 0.394 e. The molecular formula is C20H34O2. The van der Waals surface area contributed by atoms with Gasteiger partial charge in [-0.25, -0.2) is 0 Å². The highest BCUT2D eigenvalue weighted by Gasteiger charge is 2.67. The Morgan fingerprint density at radius 3 is 2.41 bits per heavy atom. The summed E-state index contributed by atoms with van der Waals surface area (Å²) in [6.45, 7) is 10.2. The quantitative estimate of drug-likeness (QED) is 0.770. The first-order valence-electron chi connectivity index (χ1n) is 9.55. The number of rotatable bonds is 1. The Morgan fingerprint density at radius 1 is 0.955 bits per heavy atom. The first kappa shape index (κ1) is 15.4. The van der Waals surface area contributed by atoms with Gasteiger partial charge in [0, 0.05) is 0 Å². The van der Waals surface area contributed by atoms with Crippen molar-refractivity contribution in [2.45, 2.75) is 90.8 Å². The summed E-state index contributed by atoms with van der Waals surface area (Å²) in [6.07, 6.45) is 10.5. The molecule has 3 saturated carbocycles. The lowest BCUT2D eigenvalue weighted by atomic mass is 9.42. The zero-order valence-corrected chi connectivity index (χ0v) is 15.0. The first-order valence-corrected chi connectivity index (χ1v) is 9.55. The van der Waals surface area contributed by atoms with E-state index in [9.17, 15) is 5.11 Å². The van der Waals surface area contributed by atoms with E-state index in [1.54, 1.807) is 0 Å². The van der Waals surface area contributed by atoms with Crippen LogP contribution in [0, 0.1) is 28.1 Å².